The van der Waals surface area contributed by atoms with Crippen LogP contribution in [0.5, 0.6) is 5.75 Å². The van der Waals surface area contributed by atoms with Gasteiger partial charge in [0.25, 0.3) is 0 Å². The van der Waals surface area contributed by atoms with Crippen molar-refractivity contribution in [3.63, 3.8) is 0 Å². The van der Waals surface area contributed by atoms with Crippen LogP contribution < -0.4 is 0 Å². The summed E-state index contributed by atoms with van der Waals surface area (Å²) in [6, 6.07) is 15.3. The minimum Gasteiger partial charge on any atom is -0.508 e. The van der Waals surface area contributed by atoms with Gasteiger partial charge >= 0.3 is 0 Å². The van der Waals surface area contributed by atoms with Crippen molar-refractivity contribution in [3.8, 4) is 5.75 Å². The van der Waals surface area contributed by atoms with Crippen molar-refractivity contribution in [2.45, 2.75) is 0 Å². The Bertz CT molecular complexity index is 1200. The first kappa shape index (κ1) is 13.1. The molecule has 24 heavy (non-hydrogen) atoms. The van der Waals surface area contributed by atoms with E-state index in [1.54, 1.807) is 48.5 Å². The fraction of sp³-hybridized carbons (Fsp3) is 0. The maximum atomic E-state index is 12.9. The lowest BCUT2D eigenvalue weighted by atomic mass is 9.87. The summed E-state index contributed by atoms with van der Waals surface area (Å²) < 4.78 is 5.83. The number of ketones is 2. The predicted molar refractivity (Wildman–Crippen MR) is 88.7 cm³/mol. The number of benzene rings is 3. The summed E-state index contributed by atoms with van der Waals surface area (Å²) in [6.07, 6.45) is 0. The molecule has 0 bridgehead atoms. The van der Waals surface area contributed by atoms with Gasteiger partial charge in [-0.2, -0.15) is 0 Å². The molecule has 4 aromatic rings. The van der Waals surface area contributed by atoms with Crippen molar-refractivity contribution >= 4 is 33.3 Å². The molecular weight excluding hydrogens is 304 g/mol. The molecule has 4 nitrogen and oxygen atoms in total. The highest BCUT2D eigenvalue weighted by molar-refractivity contribution is 6.32. The molecule has 4 heteroatoms. The third kappa shape index (κ3) is 1.52. The van der Waals surface area contributed by atoms with E-state index in [1.807, 2.05) is 6.07 Å². The number of carbonyl (C=O) groups is 2. The van der Waals surface area contributed by atoms with Crippen molar-refractivity contribution in [1.29, 1.82) is 0 Å². The standard InChI is InChI=1S/C20H10O4/c21-11-6-8-12-10(9-11)5-7-15-16-17(22)13-3-1-2-4-14(13)18(23)20(16)24-19(12)15/h1-9,21H. The Hall–Kier alpha value is -3.40. The number of hydrogen-bond donors (Lipinski definition) is 1. The van der Waals surface area contributed by atoms with E-state index < -0.39 is 0 Å². The highest BCUT2D eigenvalue weighted by Gasteiger charge is 2.35. The van der Waals surface area contributed by atoms with Crippen LogP contribution >= 0.6 is 0 Å². The third-order valence-corrected chi connectivity index (χ3v) is 4.50. The van der Waals surface area contributed by atoms with Crippen LogP contribution in [0, 0.1) is 0 Å². The molecule has 0 amide bonds. The number of phenolic OH excluding ortho intramolecular Hbond substituents is 1. The monoisotopic (exact) mass is 314 g/mol. The minimum atomic E-state index is -0.275. The second-order valence-corrected chi connectivity index (χ2v) is 5.86. The second kappa shape index (κ2) is 4.32. The molecule has 0 atom stereocenters. The molecule has 1 heterocycles. The molecule has 3 aromatic carbocycles. The number of hydrogen-bond acceptors (Lipinski definition) is 4. The molecule has 1 aliphatic rings. The first-order valence-electron chi connectivity index (χ1n) is 7.52. The van der Waals surface area contributed by atoms with Gasteiger partial charge in [0.15, 0.2) is 11.5 Å². The summed E-state index contributed by atoms with van der Waals surface area (Å²) in [5.74, 6) is -0.229. The molecule has 0 radical (unpaired) electrons. The Balaban J connectivity index is 1.91. The Kier molecular flexibility index (Phi) is 2.36. The van der Waals surface area contributed by atoms with Crippen LogP contribution in [0.1, 0.15) is 32.0 Å². The normalized spacial score (nSPS) is 13.3. The fourth-order valence-electron chi connectivity index (χ4n) is 3.39. The zero-order valence-corrected chi connectivity index (χ0v) is 12.4. The quantitative estimate of drug-likeness (QED) is 0.468. The van der Waals surface area contributed by atoms with Crippen LogP contribution in [-0.2, 0) is 0 Å². The van der Waals surface area contributed by atoms with Gasteiger partial charge in [-0.1, -0.05) is 30.3 Å². The molecule has 1 aliphatic carbocycles. The summed E-state index contributed by atoms with van der Waals surface area (Å²) in [7, 11) is 0. The van der Waals surface area contributed by atoms with Gasteiger partial charge in [-0.25, -0.2) is 0 Å². The van der Waals surface area contributed by atoms with Gasteiger partial charge in [0.05, 0.1) is 5.56 Å². The SMILES string of the molecule is O=C1c2ccccc2C(=O)c2c1oc1c2ccc2cc(O)ccc21. The summed E-state index contributed by atoms with van der Waals surface area (Å²) in [5, 5.41) is 11.8. The second-order valence-electron chi connectivity index (χ2n) is 5.86. The topological polar surface area (TPSA) is 67.5 Å². The number of phenols is 1. The van der Waals surface area contributed by atoms with Gasteiger partial charge in [0, 0.05) is 21.9 Å². The van der Waals surface area contributed by atoms with E-state index in [1.165, 1.54) is 0 Å². The van der Waals surface area contributed by atoms with E-state index in [4.69, 9.17) is 4.42 Å². The summed E-state index contributed by atoms with van der Waals surface area (Å²) in [6.45, 7) is 0. The molecule has 114 valence electrons. The Morgan fingerprint density at radius 3 is 2.29 bits per heavy atom. The molecule has 0 unspecified atom stereocenters. The van der Waals surface area contributed by atoms with Crippen molar-refractivity contribution in [3.05, 3.63) is 77.0 Å². The molecular formula is C20H10O4. The lowest BCUT2D eigenvalue weighted by Gasteiger charge is -2.12. The first-order valence-corrected chi connectivity index (χ1v) is 7.52. The number of furan rings is 1. The molecule has 1 aromatic heterocycles. The van der Waals surface area contributed by atoms with Crippen molar-refractivity contribution in [2.75, 3.05) is 0 Å². The molecule has 5 rings (SSSR count). The number of rotatable bonds is 0. The van der Waals surface area contributed by atoms with Crippen LogP contribution in [-0.4, -0.2) is 16.7 Å². The Morgan fingerprint density at radius 1 is 0.792 bits per heavy atom. The van der Waals surface area contributed by atoms with Crippen LogP contribution in [0.25, 0.3) is 21.7 Å². The van der Waals surface area contributed by atoms with Gasteiger partial charge in [-0.05, 0) is 29.7 Å². The highest BCUT2D eigenvalue weighted by Crippen LogP contribution is 2.38. The molecule has 0 saturated heterocycles. The smallest absolute Gasteiger partial charge is 0.229 e. The predicted octanol–water partition coefficient (Wildman–Crippen LogP) is 4.07. The van der Waals surface area contributed by atoms with Crippen molar-refractivity contribution in [1.82, 2.24) is 0 Å². The van der Waals surface area contributed by atoms with Crippen LogP contribution in [0.2, 0.25) is 0 Å². The minimum absolute atomic E-state index is 0.0919. The zero-order chi connectivity index (χ0) is 16.4. The summed E-state index contributed by atoms with van der Waals surface area (Å²) in [5.41, 5.74) is 1.59. The largest absolute Gasteiger partial charge is 0.508 e. The van der Waals surface area contributed by atoms with Gasteiger partial charge in [0.1, 0.15) is 11.3 Å². The van der Waals surface area contributed by atoms with Crippen LogP contribution in [0.4, 0.5) is 0 Å². The fourth-order valence-corrected chi connectivity index (χ4v) is 3.39. The van der Waals surface area contributed by atoms with E-state index in [0.29, 0.717) is 27.7 Å². The lowest BCUT2D eigenvalue weighted by Crippen LogP contribution is -2.19. The lowest BCUT2D eigenvalue weighted by molar-refractivity contribution is 0.0962. The highest BCUT2D eigenvalue weighted by atomic mass is 16.3. The van der Waals surface area contributed by atoms with Gasteiger partial charge in [-0.3, -0.25) is 9.59 Å². The van der Waals surface area contributed by atoms with Crippen LogP contribution in [0.3, 0.4) is 0 Å². The van der Waals surface area contributed by atoms with Gasteiger partial charge in [0.2, 0.25) is 5.78 Å². The maximum Gasteiger partial charge on any atom is 0.229 e. The summed E-state index contributed by atoms with van der Waals surface area (Å²) in [4.78, 5) is 25.6. The number of aromatic hydroxyl groups is 1. The van der Waals surface area contributed by atoms with Gasteiger partial charge in [-0.15, -0.1) is 0 Å². The first-order chi connectivity index (χ1) is 11.6. The maximum absolute atomic E-state index is 12.9. The zero-order valence-electron chi connectivity index (χ0n) is 12.4. The molecule has 1 N–H and O–H groups in total. The van der Waals surface area contributed by atoms with Gasteiger partial charge < -0.3 is 9.52 Å². The van der Waals surface area contributed by atoms with Crippen molar-refractivity contribution in [2.24, 2.45) is 0 Å². The van der Waals surface area contributed by atoms with E-state index in [0.717, 1.165) is 10.8 Å². The Morgan fingerprint density at radius 2 is 1.50 bits per heavy atom. The molecule has 0 saturated carbocycles. The van der Waals surface area contributed by atoms with E-state index in [-0.39, 0.29) is 23.1 Å². The molecule has 0 spiro atoms. The average molecular weight is 314 g/mol. The Labute approximate surface area is 135 Å². The number of fused-ring (bicyclic) bond motifs is 6. The number of carbonyl (C=O) groups excluding carboxylic acids is 2. The van der Waals surface area contributed by atoms with Crippen molar-refractivity contribution < 1.29 is 19.1 Å². The third-order valence-electron chi connectivity index (χ3n) is 4.50. The van der Waals surface area contributed by atoms with E-state index in [9.17, 15) is 14.7 Å². The van der Waals surface area contributed by atoms with E-state index >= 15 is 0 Å². The molecule has 0 fully saturated rings. The molecule has 0 aliphatic heterocycles. The summed E-state index contributed by atoms with van der Waals surface area (Å²) >= 11 is 0. The average Bonchev–Trinajstić information content (AvgIpc) is 2.99. The van der Waals surface area contributed by atoms with E-state index in [2.05, 4.69) is 0 Å². The van der Waals surface area contributed by atoms with Crippen LogP contribution in [0.15, 0.2) is 59.0 Å².